The Morgan fingerprint density at radius 2 is 2.12 bits per heavy atom. The Morgan fingerprint density at radius 1 is 1.24 bits per heavy atom. The highest BCUT2D eigenvalue weighted by Crippen LogP contribution is 2.30. The molecule has 4 rings (SSSR count). The van der Waals surface area contributed by atoms with Gasteiger partial charge in [0.15, 0.2) is 5.82 Å². The van der Waals surface area contributed by atoms with E-state index in [0.29, 0.717) is 55.5 Å². The van der Waals surface area contributed by atoms with Crippen molar-refractivity contribution in [1.82, 2.24) is 9.97 Å². The van der Waals surface area contributed by atoms with E-state index in [9.17, 15) is 13.6 Å². The summed E-state index contributed by atoms with van der Waals surface area (Å²) in [5.74, 6) is 0.862. The van der Waals surface area contributed by atoms with E-state index in [1.54, 1.807) is 29.3 Å². The van der Waals surface area contributed by atoms with Crippen molar-refractivity contribution < 1.29 is 13.6 Å². The highest BCUT2D eigenvalue weighted by Gasteiger charge is 2.24. The van der Waals surface area contributed by atoms with Crippen LogP contribution < -0.4 is 20.9 Å². The van der Waals surface area contributed by atoms with Crippen LogP contribution in [0.3, 0.4) is 0 Å². The zero-order valence-corrected chi connectivity index (χ0v) is 18.8. The highest BCUT2D eigenvalue weighted by atomic mass is 19.1. The summed E-state index contributed by atoms with van der Waals surface area (Å²) in [6, 6.07) is 13.7. The predicted octanol–water partition coefficient (Wildman–Crippen LogP) is 3.44. The van der Waals surface area contributed by atoms with E-state index in [1.807, 2.05) is 23.1 Å². The molecule has 0 aliphatic carbocycles. The van der Waals surface area contributed by atoms with Crippen molar-refractivity contribution in [2.45, 2.75) is 32.1 Å². The number of alkyl halides is 1. The van der Waals surface area contributed by atoms with Crippen LogP contribution >= 0.6 is 0 Å². The van der Waals surface area contributed by atoms with Crippen LogP contribution in [-0.2, 0) is 24.3 Å². The topological polar surface area (TPSA) is 87.4 Å². The molecular formula is C25H28F2N6O. The largest absolute Gasteiger partial charge is 0.368 e. The summed E-state index contributed by atoms with van der Waals surface area (Å²) in [5.41, 5.74) is 8.80. The van der Waals surface area contributed by atoms with E-state index in [0.717, 1.165) is 17.5 Å². The number of nitrogens with zero attached hydrogens (tertiary/aromatic N) is 4. The van der Waals surface area contributed by atoms with Crippen LogP contribution in [-0.4, -0.2) is 42.2 Å². The van der Waals surface area contributed by atoms with Crippen molar-refractivity contribution in [3.05, 3.63) is 77.4 Å². The van der Waals surface area contributed by atoms with Gasteiger partial charge in [0.2, 0.25) is 6.41 Å². The maximum Gasteiger partial charge on any atom is 0.214 e. The molecule has 1 aromatic carbocycles. The zero-order chi connectivity index (χ0) is 23.9. The van der Waals surface area contributed by atoms with Crippen LogP contribution in [0.25, 0.3) is 0 Å². The van der Waals surface area contributed by atoms with Crippen LogP contribution in [0, 0.1) is 5.82 Å². The molecule has 0 radical (unpaired) electrons. The summed E-state index contributed by atoms with van der Waals surface area (Å²) in [6.45, 7) is 1.90. The molecule has 0 spiro atoms. The van der Waals surface area contributed by atoms with Gasteiger partial charge in [-0.25, -0.2) is 13.8 Å². The lowest BCUT2D eigenvalue weighted by molar-refractivity contribution is -0.107. The minimum absolute atomic E-state index is 0.262. The van der Waals surface area contributed by atoms with E-state index < -0.39 is 6.17 Å². The maximum absolute atomic E-state index is 13.8. The zero-order valence-electron chi connectivity index (χ0n) is 18.8. The first-order chi connectivity index (χ1) is 16.6. The molecule has 34 heavy (non-hydrogen) atoms. The van der Waals surface area contributed by atoms with Gasteiger partial charge in [-0.1, -0.05) is 18.2 Å². The first-order valence-electron chi connectivity index (χ1n) is 11.3. The van der Waals surface area contributed by atoms with Gasteiger partial charge in [0.05, 0.1) is 24.5 Å². The molecule has 1 fully saturated rings. The SMILES string of the molecule is NCc1ncccc1CN(C=O)c1ccc(N2CC[C@H](F)C2)nc1NCCc1cccc(F)c1. The predicted molar refractivity (Wildman–Crippen MR) is 129 cm³/mol. The molecule has 0 unspecified atom stereocenters. The van der Waals surface area contributed by atoms with Gasteiger partial charge in [0.25, 0.3) is 0 Å². The van der Waals surface area contributed by atoms with E-state index in [2.05, 4.69) is 10.3 Å². The van der Waals surface area contributed by atoms with Crippen molar-refractivity contribution in [3.8, 4) is 0 Å². The number of aromatic nitrogens is 2. The van der Waals surface area contributed by atoms with Gasteiger partial charge in [-0.15, -0.1) is 0 Å². The number of benzene rings is 1. The minimum atomic E-state index is -0.877. The van der Waals surface area contributed by atoms with Crippen LogP contribution in [0.5, 0.6) is 0 Å². The molecule has 9 heteroatoms. The summed E-state index contributed by atoms with van der Waals surface area (Å²) in [6.07, 6.45) is 2.57. The number of rotatable bonds is 10. The number of nitrogens with one attached hydrogen (secondary N) is 1. The Labute approximate surface area is 197 Å². The minimum Gasteiger partial charge on any atom is -0.368 e. The Bertz CT molecular complexity index is 1130. The third-order valence-electron chi connectivity index (χ3n) is 5.86. The van der Waals surface area contributed by atoms with Crippen molar-refractivity contribution in [3.63, 3.8) is 0 Å². The van der Waals surface area contributed by atoms with Gasteiger partial charge in [-0.05, 0) is 54.3 Å². The number of hydrogen-bond donors (Lipinski definition) is 2. The number of carbonyl (C=O) groups excluding carboxylic acids is 1. The van der Waals surface area contributed by atoms with Crippen LogP contribution in [0.2, 0.25) is 0 Å². The number of amides is 1. The number of nitrogens with two attached hydrogens (primary N) is 1. The van der Waals surface area contributed by atoms with Crippen molar-refractivity contribution in [1.29, 1.82) is 0 Å². The monoisotopic (exact) mass is 466 g/mol. The quantitative estimate of drug-likeness (QED) is 0.445. The molecule has 2 aromatic heterocycles. The van der Waals surface area contributed by atoms with Gasteiger partial charge >= 0.3 is 0 Å². The van der Waals surface area contributed by atoms with Crippen LogP contribution in [0.4, 0.5) is 26.1 Å². The highest BCUT2D eigenvalue weighted by molar-refractivity contribution is 5.82. The lowest BCUT2D eigenvalue weighted by Crippen LogP contribution is -2.25. The average Bonchev–Trinajstić information content (AvgIpc) is 3.29. The first-order valence-corrected chi connectivity index (χ1v) is 11.3. The second kappa shape index (κ2) is 11.0. The number of carbonyl (C=O) groups is 1. The van der Waals surface area contributed by atoms with Crippen molar-refractivity contribution in [2.24, 2.45) is 5.73 Å². The number of halogens is 2. The van der Waals surface area contributed by atoms with Gasteiger partial charge in [-0.3, -0.25) is 9.78 Å². The molecule has 178 valence electrons. The molecule has 1 saturated heterocycles. The van der Waals surface area contributed by atoms with Gasteiger partial charge < -0.3 is 20.9 Å². The summed E-state index contributed by atoms with van der Waals surface area (Å²) >= 11 is 0. The third-order valence-corrected chi connectivity index (χ3v) is 5.86. The van der Waals surface area contributed by atoms with Gasteiger partial charge in [-0.2, -0.15) is 0 Å². The molecular weight excluding hydrogens is 438 g/mol. The van der Waals surface area contributed by atoms with Crippen molar-refractivity contribution in [2.75, 3.05) is 34.8 Å². The first kappa shape index (κ1) is 23.6. The average molecular weight is 467 g/mol. The Hall–Kier alpha value is -3.59. The van der Waals surface area contributed by atoms with E-state index in [-0.39, 0.29) is 18.9 Å². The lowest BCUT2D eigenvalue weighted by Gasteiger charge is -2.24. The van der Waals surface area contributed by atoms with Gasteiger partial charge in [0.1, 0.15) is 17.8 Å². The molecule has 1 atom stereocenters. The molecule has 1 aliphatic rings. The fourth-order valence-corrected chi connectivity index (χ4v) is 4.08. The fourth-order valence-electron chi connectivity index (χ4n) is 4.08. The standard InChI is InChI=1S/C25H28F2N6O/c26-20-5-1-3-18(13-20)8-11-30-25-23(6-7-24(31-25)32-12-9-21(27)16-32)33(17-34)15-19-4-2-10-29-22(19)14-28/h1-7,10,13,17,21H,8-9,11-12,14-16,28H2,(H,30,31)/t21-/m0/s1. The molecule has 0 saturated carbocycles. The van der Waals surface area contributed by atoms with Crippen molar-refractivity contribution >= 4 is 23.7 Å². The second-order valence-corrected chi connectivity index (χ2v) is 8.22. The molecule has 1 aliphatic heterocycles. The third kappa shape index (κ3) is 5.66. The number of pyridine rings is 2. The van der Waals surface area contributed by atoms with Gasteiger partial charge in [0, 0.05) is 25.8 Å². The van der Waals surface area contributed by atoms with Crippen LogP contribution in [0.1, 0.15) is 23.2 Å². The molecule has 3 aromatic rings. The molecule has 3 N–H and O–H groups in total. The van der Waals surface area contributed by atoms with E-state index in [1.165, 1.54) is 12.1 Å². The second-order valence-electron chi connectivity index (χ2n) is 8.22. The summed E-state index contributed by atoms with van der Waals surface area (Å²) < 4.78 is 27.3. The fraction of sp³-hybridized carbons (Fsp3) is 0.320. The Kier molecular flexibility index (Phi) is 7.64. The maximum atomic E-state index is 13.8. The summed E-state index contributed by atoms with van der Waals surface area (Å²) in [7, 11) is 0. The summed E-state index contributed by atoms with van der Waals surface area (Å²) in [5, 5.41) is 3.29. The molecule has 3 heterocycles. The lowest BCUT2D eigenvalue weighted by atomic mass is 10.1. The normalized spacial score (nSPS) is 15.4. The van der Waals surface area contributed by atoms with Crippen LogP contribution in [0.15, 0.2) is 54.7 Å². The molecule has 7 nitrogen and oxygen atoms in total. The number of anilines is 3. The van der Waals surface area contributed by atoms with E-state index >= 15 is 0 Å². The molecule has 0 bridgehead atoms. The van der Waals surface area contributed by atoms with E-state index in [4.69, 9.17) is 10.7 Å². The Morgan fingerprint density at radius 3 is 2.85 bits per heavy atom. The smallest absolute Gasteiger partial charge is 0.214 e. The summed E-state index contributed by atoms with van der Waals surface area (Å²) in [4.78, 5) is 24.5. The Balaban J connectivity index is 1.59. The number of hydrogen-bond acceptors (Lipinski definition) is 6. The molecule has 1 amide bonds.